The van der Waals surface area contributed by atoms with Gasteiger partial charge in [-0.25, -0.2) is 0 Å². The zero-order valence-electron chi connectivity index (χ0n) is 9.63. The quantitative estimate of drug-likeness (QED) is 0.301. The standard InChI is InChI=1S/C8H12.2BF4.Pd/c1-2-4-6-8-7-5-3-1;2*2-1(3,4)5;/h1-2,7-8H,3-6H2;;;/q;2*-1;+2. The average Bonchev–Trinajstić information content (AvgIpc) is 1.93. The van der Waals surface area contributed by atoms with E-state index in [4.69, 9.17) is 0 Å². The molecule has 0 nitrogen and oxygen atoms in total. The molecule has 0 spiro atoms. The van der Waals surface area contributed by atoms with Crippen LogP contribution in [0.25, 0.3) is 0 Å². The second-order valence-corrected chi connectivity index (χ2v) is 3.09. The molecule has 0 amide bonds. The van der Waals surface area contributed by atoms with E-state index in [1.54, 1.807) is 0 Å². The van der Waals surface area contributed by atoms with Crippen molar-refractivity contribution in [1.82, 2.24) is 0 Å². The summed E-state index contributed by atoms with van der Waals surface area (Å²) >= 11 is 0. The fourth-order valence-corrected chi connectivity index (χ4v) is 0.856. The molecule has 1 rings (SSSR count). The minimum absolute atomic E-state index is 0. The van der Waals surface area contributed by atoms with E-state index in [2.05, 4.69) is 24.3 Å². The Hall–Kier alpha value is -0.288. The van der Waals surface area contributed by atoms with Gasteiger partial charge in [0.2, 0.25) is 0 Å². The van der Waals surface area contributed by atoms with Crippen LogP contribution in [0.1, 0.15) is 25.7 Å². The molecular formula is C8H12B2F8Pd. The minimum atomic E-state index is -6.00. The molecule has 11 heteroatoms. The van der Waals surface area contributed by atoms with Crippen molar-refractivity contribution in [3.8, 4) is 0 Å². The van der Waals surface area contributed by atoms with Crippen LogP contribution in [0.2, 0.25) is 0 Å². The third-order valence-corrected chi connectivity index (χ3v) is 1.33. The number of rotatable bonds is 0. The first-order chi connectivity index (χ1) is 8.00. The van der Waals surface area contributed by atoms with E-state index in [1.807, 2.05) is 0 Å². The Kier molecular flexibility index (Phi) is 15.9. The molecule has 0 radical (unpaired) electrons. The van der Waals surface area contributed by atoms with Gasteiger partial charge >= 0.3 is 34.9 Å². The van der Waals surface area contributed by atoms with Gasteiger partial charge in [-0.15, -0.1) is 0 Å². The molecule has 0 aromatic carbocycles. The van der Waals surface area contributed by atoms with Crippen LogP contribution in [-0.2, 0) is 20.4 Å². The predicted molar refractivity (Wildman–Crippen MR) is 57.1 cm³/mol. The first-order valence-corrected chi connectivity index (χ1v) is 5.05. The summed E-state index contributed by atoms with van der Waals surface area (Å²) in [5, 5.41) is 0. The van der Waals surface area contributed by atoms with E-state index < -0.39 is 14.5 Å². The number of hydrogen-bond donors (Lipinski definition) is 0. The molecule has 116 valence electrons. The summed E-state index contributed by atoms with van der Waals surface area (Å²) < 4.78 is 78.0. The molecule has 0 aliphatic heterocycles. The molecule has 0 saturated carbocycles. The van der Waals surface area contributed by atoms with E-state index >= 15 is 0 Å². The monoisotopic (exact) mass is 388 g/mol. The Morgan fingerprint density at radius 2 is 0.579 bits per heavy atom. The van der Waals surface area contributed by atoms with Crippen LogP contribution in [0, 0.1) is 0 Å². The van der Waals surface area contributed by atoms with E-state index in [0.717, 1.165) is 0 Å². The minimum Gasteiger partial charge on any atom is -0.418 e. The number of allylic oxidation sites excluding steroid dienone is 4. The molecule has 0 heterocycles. The van der Waals surface area contributed by atoms with Crippen LogP contribution in [-0.4, -0.2) is 14.5 Å². The van der Waals surface area contributed by atoms with Crippen molar-refractivity contribution in [3.63, 3.8) is 0 Å². The summed E-state index contributed by atoms with van der Waals surface area (Å²) in [7, 11) is -12.0. The van der Waals surface area contributed by atoms with Crippen molar-refractivity contribution < 1.29 is 54.9 Å². The summed E-state index contributed by atoms with van der Waals surface area (Å²) in [4.78, 5) is 0. The Labute approximate surface area is 120 Å². The van der Waals surface area contributed by atoms with Gasteiger partial charge in [0.15, 0.2) is 0 Å². The summed E-state index contributed by atoms with van der Waals surface area (Å²) in [6, 6.07) is 0. The zero-order valence-corrected chi connectivity index (χ0v) is 11.2. The van der Waals surface area contributed by atoms with Gasteiger partial charge in [-0.05, 0) is 25.7 Å². The van der Waals surface area contributed by atoms with Gasteiger partial charge in [0.1, 0.15) is 0 Å². The molecule has 0 aromatic heterocycles. The van der Waals surface area contributed by atoms with Gasteiger partial charge in [-0.1, -0.05) is 24.3 Å². The van der Waals surface area contributed by atoms with Gasteiger partial charge in [0, 0.05) is 0 Å². The first-order valence-electron chi connectivity index (χ1n) is 5.05. The maximum atomic E-state index is 9.75. The van der Waals surface area contributed by atoms with Crippen LogP contribution in [0.15, 0.2) is 24.3 Å². The SMILES string of the molecule is C1=CCCC=CCC1.F[B-](F)(F)F.F[B-](F)(F)F.[Pd+2]. The van der Waals surface area contributed by atoms with Crippen LogP contribution >= 0.6 is 0 Å². The van der Waals surface area contributed by atoms with Gasteiger partial charge in [0.25, 0.3) is 0 Å². The van der Waals surface area contributed by atoms with Crippen molar-refractivity contribution in [2.24, 2.45) is 0 Å². The molecular weight excluding hydrogens is 376 g/mol. The smallest absolute Gasteiger partial charge is 0.418 e. The Morgan fingerprint density at radius 1 is 0.474 bits per heavy atom. The van der Waals surface area contributed by atoms with Crippen LogP contribution in [0.4, 0.5) is 34.5 Å². The maximum Gasteiger partial charge on any atom is 2.00 e. The molecule has 0 aromatic rings. The van der Waals surface area contributed by atoms with Crippen LogP contribution < -0.4 is 0 Å². The number of hydrogen-bond acceptors (Lipinski definition) is 0. The van der Waals surface area contributed by atoms with E-state index in [-0.39, 0.29) is 20.4 Å². The molecule has 0 N–H and O–H groups in total. The van der Waals surface area contributed by atoms with Crippen LogP contribution in [0.3, 0.4) is 0 Å². The Balaban J connectivity index is -0.000000208. The molecule has 0 saturated heterocycles. The zero-order chi connectivity index (χ0) is 14.7. The van der Waals surface area contributed by atoms with Gasteiger partial charge in [-0.2, -0.15) is 0 Å². The Morgan fingerprint density at radius 3 is 0.684 bits per heavy atom. The fraction of sp³-hybridized carbons (Fsp3) is 0.500. The van der Waals surface area contributed by atoms with Gasteiger partial charge in [-0.3, -0.25) is 0 Å². The van der Waals surface area contributed by atoms with Crippen LogP contribution in [0.5, 0.6) is 0 Å². The van der Waals surface area contributed by atoms with Gasteiger partial charge < -0.3 is 34.5 Å². The normalized spacial score (nSPS) is 14.7. The van der Waals surface area contributed by atoms with Crippen molar-refractivity contribution in [2.45, 2.75) is 25.7 Å². The Bertz CT molecular complexity index is 198. The number of halogens is 8. The fourth-order valence-electron chi connectivity index (χ4n) is 0.856. The van der Waals surface area contributed by atoms with E-state index in [1.165, 1.54) is 25.7 Å². The van der Waals surface area contributed by atoms with Crippen molar-refractivity contribution >= 4 is 14.5 Å². The molecule has 1 aliphatic rings. The van der Waals surface area contributed by atoms with Crippen molar-refractivity contribution in [3.05, 3.63) is 24.3 Å². The summed E-state index contributed by atoms with van der Waals surface area (Å²) in [5.74, 6) is 0. The molecule has 0 atom stereocenters. The van der Waals surface area contributed by atoms with Gasteiger partial charge in [0.05, 0.1) is 0 Å². The second kappa shape index (κ2) is 12.7. The summed E-state index contributed by atoms with van der Waals surface area (Å²) in [6.45, 7) is 0. The third kappa shape index (κ3) is 73.5. The first kappa shape index (κ1) is 23.8. The average molecular weight is 388 g/mol. The third-order valence-electron chi connectivity index (χ3n) is 1.33. The topological polar surface area (TPSA) is 0 Å². The largest absolute Gasteiger partial charge is 2.00 e. The summed E-state index contributed by atoms with van der Waals surface area (Å²) in [5.41, 5.74) is 0. The predicted octanol–water partition coefficient (Wildman–Crippen LogP) is 5.27. The molecule has 1 aliphatic carbocycles. The maximum absolute atomic E-state index is 9.75. The second-order valence-electron chi connectivity index (χ2n) is 3.09. The van der Waals surface area contributed by atoms with E-state index in [9.17, 15) is 34.5 Å². The molecule has 0 unspecified atom stereocenters. The molecule has 0 bridgehead atoms. The van der Waals surface area contributed by atoms with E-state index in [0.29, 0.717) is 0 Å². The summed E-state index contributed by atoms with van der Waals surface area (Å²) in [6.07, 6.45) is 14.0. The van der Waals surface area contributed by atoms with Crippen molar-refractivity contribution in [2.75, 3.05) is 0 Å². The molecule has 19 heavy (non-hydrogen) atoms. The van der Waals surface area contributed by atoms with Crippen molar-refractivity contribution in [1.29, 1.82) is 0 Å². The molecule has 0 fully saturated rings.